The van der Waals surface area contributed by atoms with Gasteiger partial charge < -0.3 is 10.2 Å². The maximum Gasteiger partial charge on any atom is 0.00927 e. The fourth-order valence-electron chi connectivity index (χ4n) is 3.02. The Labute approximate surface area is 107 Å². The first-order valence-corrected chi connectivity index (χ1v) is 7.75. The fourth-order valence-corrected chi connectivity index (χ4v) is 3.02. The quantitative estimate of drug-likeness (QED) is 0.686. The number of piperidine rings is 1. The average Bonchev–Trinajstić information content (AvgIpc) is 3.16. The van der Waals surface area contributed by atoms with Crippen LogP contribution < -0.4 is 5.32 Å². The SMILES string of the molecule is CCC(NCCCN1CCC(C)CC1)C1CC1. The number of hydrogen-bond acceptors (Lipinski definition) is 2. The molecule has 2 rings (SSSR count). The molecular formula is C15H30N2. The summed E-state index contributed by atoms with van der Waals surface area (Å²) in [5.41, 5.74) is 0. The highest BCUT2D eigenvalue weighted by atomic mass is 15.1. The molecule has 0 spiro atoms. The van der Waals surface area contributed by atoms with E-state index in [0.717, 1.165) is 17.9 Å². The lowest BCUT2D eigenvalue weighted by Gasteiger charge is -2.30. The van der Waals surface area contributed by atoms with Crippen molar-refractivity contribution in [3.63, 3.8) is 0 Å². The first-order chi connectivity index (χ1) is 8.29. The van der Waals surface area contributed by atoms with Crippen LogP contribution in [0.2, 0.25) is 0 Å². The number of hydrogen-bond donors (Lipinski definition) is 1. The zero-order valence-corrected chi connectivity index (χ0v) is 11.8. The summed E-state index contributed by atoms with van der Waals surface area (Å²) in [4.78, 5) is 2.65. The van der Waals surface area contributed by atoms with Crippen molar-refractivity contribution >= 4 is 0 Å². The van der Waals surface area contributed by atoms with Crippen LogP contribution in [-0.4, -0.2) is 37.1 Å². The van der Waals surface area contributed by atoms with Gasteiger partial charge in [-0.15, -0.1) is 0 Å². The van der Waals surface area contributed by atoms with Gasteiger partial charge in [0.2, 0.25) is 0 Å². The highest BCUT2D eigenvalue weighted by Gasteiger charge is 2.29. The summed E-state index contributed by atoms with van der Waals surface area (Å²) in [6, 6.07) is 0.816. The summed E-state index contributed by atoms with van der Waals surface area (Å²) in [6.45, 7) is 9.91. The van der Waals surface area contributed by atoms with Crippen LogP contribution in [0.4, 0.5) is 0 Å². The molecule has 17 heavy (non-hydrogen) atoms. The zero-order valence-electron chi connectivity index (χ0n) is 11.8. The van der Waals surface area contributed by atoms with Gasteiger partial charge in [-0.3, -0.25) is 0 Å². The van der Waals surface area contributed by atoms with Gasteiger partial charge in [-0.05, 0) is 76.5 Å². The molecule has 0 aromatic carbocycles. The van der Waals surface area contributed by atoms with Gasteiger partial charge in [0, 0.05) is 6.04 Å². The molecule has 0 bridgehead atoms. The minimum atomic E-state index is 0.816. The first kappa shape index (κ1) is 13.4. The molecule has 2 nitrogen and oxygen atoms in total. The number of nitrogens with zero attached hydrogens (tertiary/aromatic N) is 1. The van der Waals surface area contributed by atoms with Crippen molar-refractivity contribution in [3.05, 3.63) is 0 Å². The summed E-state index contributed by atoms with van der Waals surface area (Å²) in [7, 11) is 0. The Kier molecular flexibility index (Phi) is 5.30. The lowest BCUT2D eigenvalue weighted by atomic mass is 9.99. The van der Waals surface area contributed by atoms with E-state index in [4.69, 9.17) is 0 Å². The first-order valence-electron chi connectivity index (χ1n) is 7.75. The number of nitrogens with one attached hydrogen (secondary N) is 1. The molecule has 100 valence electrons. The third kappa shape index (κ3) is 4.59. The molecule has 0 radical (unpaired) electrons. The third-order valence-electron chi connectivity index (χ3n) is 4.56. The van der Waals surface area contributed by atoms with Crippen molar-refractivity contribution < 1.29 is 0 Å². The summed E-state index contributed by atoms with van der Waals surface area (Å²) < 4.78 is 0. The van der Waals surface area contributed by atoms with Gasteiger partial charge in [-0.1, -0.05) is 13.8 Å². The zero-order chi connectivity index (χ0) is 12.1. The van der Waals surface area contributed by atoms with Gasteiger partial charge in [-0.25, -0.2) is 0 Å². The lowest BCUT2D eigenvalue weighted by molar-refractivity contribution is 0.189. The van der Waals surface area contributed by atoms with Crippen molar-refractivity contribution in [1.82, 2.24) is 10.2 Å². The highest BCUT2D eigenvalue weighted by Crippen LogP contribution is 2.33. The molecule has 1 saturated heterocycles. The molecule has 1 saturated carbocycles. The molecule has 2 fully saturated rings. The Morgan fingerprint density at radius 2 is 1.88 bits per heavy atom. The van der Waals surface area contributed by atoms with E-state index in [9.17, 15) is 0 Å². The van der Waals surface area contributed by atoms with Crippen LogP contribution in [0.3, 0.4) is 0 Å². The normalized spacial score (nSPS) is 25.1. The van der Waals surface area contributed by atoms with E-state index in [2.05, 4.69) is 24.1 Å². The van der Waals surface area contributed by atoms with Gasteiger partial charge in [-0.2, -0.15) is 0 Å². The molecule has 2 aliphatic rings. The molecular weight excluding hydrogens is 208 g/mol. The number of likely N-dealkylation sites (tertiary alicyclic amines) is 1. The van der Waals surface area contributed by atoms with Crippen LogP contribution in [0.25, 0.3) is 0 Å². The average molecular weight is 238 g/mol. The minimum Gasteiger partial charge on any atom is -0.314 e. The highest BCUT2D eigenvalue weighted by molar-refractivity contribution is 4.85. The van der Waals surface area contributed by atoms with Gasteiger partial charge >= 0.3 is 0 Å². The largest absolute Gasteiger partial charge is 0.314 e. The molecule has 1 aliphatic carbocycles. The molecule has 1 N–H and O–H groups in total. The fraction of sp³-hybridized carbons (Fsp3) is 1.00. The molecule has 0 aromatic rings. The Bertz CT molecular complexity index is 205. The molecule has 1 aliphatic heterocycles. The van der Waals surface area contributed by atoms with Crippen molar-refractivity contribution in [2.45, 2.75) is 58.4 Å². The van der Waals surface area contributed by atoms with Crippen molar-refractivity contribution in [2.75, 3.05) is 26.2 Å². The van der Waals surface area contributed by atoms with E-state index in [1.54, 1.807) is 0 Å². The molecule has 1 heterocycles. The monoisotopic (exact) mass is 238 g/mol. The van der Waals surface area contributed by atoms with Crippen LogP contribution in [0.5, 0.6) is 0 Å². The maximum absolute atomic E-state index is 3.75. The van der Waals surface area contributed by atoms with Crippen LogP contribution in [0, 0.1) is 11.8 Å². The van der Waals surface area contributed by atoms with Crippen LogP contribution >= 0.6 is 0 Å². The van der Waals surface area contributed by atoms with E-state index < -0.39 is 0 Å². The van der Waals surface area contributed by atoms with Gasteiger partial charge in [0.15, 0.2) is 0 Å². The summed E-state index contributed by atoms with van der Waals surface area (Å²) in [5, 5.41) is 3.75. The van der Waals surface area contributed by atoms with E-state index in [-0.39, 0.29) is 0 Å². The molecule has 1 unspecified atom stereocenters. The minimum absolute atomic E-state index is 0.816. The standard InChI is InChI=1S/C15H30N2/c1-3-15(14-5-6-14)16-9-4-10-17-11-7-13(2)8-12-17/h13-16H,3-12H2,1-2H3. The predicted octanol–water partition coefficient (Wildman–Crippen LogP) is 2.89. The van der Waals surface area contributed by atoms with Crippen LogP contribution in [0.1, 0.15) is 52.4 Å². The molecule has 2 heteroatoms. The Morgan fingerprint density at radius 1 is 1.18 bits per heavy atom. The van der Waals surface area contributed by atoms with E-state index in [1.807, 2.05) is 0 Å². The van der Waals surface area contributed by atoms with Gasteiger partial charge in [0.25, 0.3) is 0 Å². The second kappa shape index (κ2) is 6.75. The molecule has 0 amide bonds. The van der Waals surface area contributed by atoms with Crippen LogP contribution in [0.15, 0.2) is 0 Å². The van der Waals surface area contributed by atoms with Crippen LogP contribution in [-0.2, 0) is 0 Å². The second-order valence-corrected chi connectivity index (χ2v) is 6.18. The topological polar surface area (TPSA) is 15.3 Å². The second-order valence-electron chi connectivity index (χ2n) is 6.18. The smallest absolute Gasteiger partial charge is 0.00927 e. The van der Waals surface area contributed by atoms with E-state index in [0.29, 0.717) is 0 Å². The molecule has 1 atom stereocenters. The molecule has 0 aromatic heterocycles. The predicted molar refractivity (Wildman–Crippen MR) is 74.3 cm³/mol. The number of rotatable bonds is 7. The summed E-state index contributed by atoms with van der Waals surface area (Å²) >= 11 is 0. The maximum atomic E-state index is 3.75. The van der Waals surface area contributed by atoms with Crippen molar-refractivity contribution in [3.8, 4) is 0 Å². The Morgan fingerprint density at radius 3 is 2.47 bits per heavy atom. The lowest BCUT2D eigenvalue weighted by Crippen LogP contribution is -2.36. The van der Waals surface area contributed by atoms with Crippen molar-refractivity contribution in [2.24, 2.45) is 11.8 Å². The Hall–Kier alpha value is -0.0800. The third-order valence-corrected chi connectivity index (χ3v) is 4.56. The van der Waals surface area contributed by atoms with E-state index >= 15 is 0 Å². The summed E-state index contributed by atoms with van der Waals surface area (Å²) in [5.74, 6) is 1.97. The van der Waals surface area contributed by atoms with Crippen molar-refractivity contribution in [1.29, 1.82) is 0 Å². The van der Waals surface area contributed by atoms with E-state index in [1.165, 1.54) is 64.7 Å². The van der Waals surface area contributed by atoms with Gasteiger partial charge in [0.1, 0.15) is 0 Å². The van der Waals surface area contributed by atoms with Gasteiger partial charge in [0.05, 0.1) is 0 Å². The Balaban J connectivity index is 1.50. The summed E-state index contributed by atoms with van der Waals surface area (Å²) in [6.07, 6.45) is 8.40.